The number of aromatic nitrogens is 2. The molecule has 1 atom stereocenters. The monoisotopic (exact) mass is 457 g/mol. The fourth-order valence-electron chi connectivity index (χ4n) is 3.99. The molecule has 170 valence electrons. The smallest absolute Gasteiger partial charge is 0.289 e. The number of ether oxygens (including phenoxy) is 1. The van der Waals surface area contributed by atoms with Crippen LogP contribution in [0, 0.1) is 13.8 Å². The van der Waals surface area contributed by atoms with E-state index < -0.39 is 9.84 Å². The number of nitrogens with zero attached hydrogens (tertiary/aromatic N) is 3. The summed E-state index contributed by atoms with van der Waals surface area (Å²) in [6.07, 6.45) is 0.568. The maximum absolute atomic E-state index is 12.9. The Labute approximate surface area is 187 Å². The highest BCUT2D eigenvalue weighted by Gasteiger charge is 2.31. The van der Waals surface area contributed by atoms with E-state index in [0.717, 1.165) is 22.7 Å². The number of furan rings is 1. The Morgan fingerprint density at radius 1 is 1.22 bits per heavy atom. The van der Waals surface area contributed by atoms with Crippen LogP contribution < -0.4 is 4.74 Å². The normalized spacial score (nSPS) is 17.4. The zero-order valence-electron chi connectivity index (χ0n) is 18.4. The van der Waals surface area contributed by atoms with Crippen molar-refractivity contribution in [2.75, 3.05) is 18.6 Å². The number of carbonyl (C=O) groups is 1. The van der Waals surface area contributed by atoms with Crippen molar-refractivity contribution in [2.45, 2.75) is 39.5 Å². The molecule has 32 heavy (non-hydrogen) atoms. The molecule has 1 saturated heterocycles. The molecular formula is C23H27N3O5S. The summed E-state index contributed by atoms with van der Waals surface area (Å²) in [6.45, 7) is 4.39. The molecule has 0 radical (unpaired) electrons. The Balaban J connectivity index is 1.41. The molecule has 0 unspecified atom stereocenters. The van der Waals surface area contributed by atoms with E-state index >= 15 is 0 Å². The van der Waals surface area contributed by atoms with E-state index in [1.807, 2.05) is 44.2 Å². The molecule has 1 aliphatic rings. The van der Waals surface area contributed by atoms with Crippen LogP contribution >= 0.6 is 0 Å². The first kappa shape index (κ1) is 22.1. The van der Waals surface area contributed by atoms with Gasteiger partial charge < -0.3 is 14.1 Å². The number of sulfone groups is 1. The summed E-state index contributed by atoms with van der Waals surface area (Å²) >= 11 is 0. The maximum Gasteiger partial charge on any atom is 0.289 e. The summed E-state index contributed by atoms with van der Waals surface area (Å²) in [6, 6.07) is 12.6. The second-order valence-corrected chi connectivity index (χ2v) is 10.4. The Hall–Kier alpha value is -3.07. The standard InChI is InChI=1S/C23H27N3O5S/c1-16-21(17(2)26(24-16)18-11-12-32(28,29)15-18)13-25(3)23(27)22-10-9-20(31-22)14-30-19-7-5-4-6-8-19/h4-10,18H,11-15H2,1-3H3/t18-/m0/s1. The minimum absolute atomic E-state index is 0.114. The fraction of sp³-hybridized carbons (Fsp3) is 0.391. The van der Waals surface area contributed by atoms with Crippen LogP contribution in [0.3, 0.4) is 0 Å². The van der Waals surface area contributed by atoms with E-state index in [4.69, 9.17) is 9.15 Å². The van der Waals surface area contributed by atoms with E-state index in [1.165, 1.54) is 0 Å². The van der Waals surface area contributed by atoms with Gasteiger partial charge in [-0.3, -0.25) is 9.48 Å². The average Bonchev–Trinajstić information content (AvgIpc) is 3.46. The third-order valence-electron chi connectivity index (χ3n) is 5.77. The quantitative estimate of drug-likeness (QED) is 0.540. The van der Waals surface area contributed by atoms with Crippen LogP contribution in [0.1, 0.15) is 45.7 Å². The molecule has 3 heterocycles. The van der Waals surface area contributed by atoms with E-state index in [9.17, 15) is 13.2 Å². The first-order valence-corrected chi connectivity index (χ1v) is 12.3. The highest BCUT2D eigenvalue weighted by Crippen LogP contribution is 2.27. The molecule has 0 N–H and O–H groups in total. The zero-order chi connectivity index (χ0) is 22.9. The second kappa shape index (κ2) is 8.82. The minimum Gasteiger partial charge on any atom is -0.486 e. The molecule has 1 fully saturated rings. The Bertz CT molecular complexity index is 1210. The summed E-state index contributed by atoms with van der Waals surface area (Å²) < 4.78 is 36.9. The number of rotatable bonds is 7. The molecule has 8 nitrogen and oxygen atoms in total. The van der Waals surface area contributed by atoms with Gasteiger partial charge in [0.1, 0.15) is 18.1 Å². The van der Waals surface area contributed by atoms with Crippen molar-refractivity contribution in [3.8, 4) is 5.75 Å². The predicted octanol–water partition coefficient (Wildman–Crippen LogP) is 3.30. The van der Waals surface area contributed by atoms with Crippen molar-refractivity contribution in [2.24, 2.45) is 0 Å². The molecule has 0 saturated carbocycles. The summed E-state index contributed by atoms with van der Waals surface area (Å²) in [5, 5.41) is 4.57. The van der Waals surface area contributed by atoms with Crippen LogP contribution in [-0.2, 0) is 23.0 Å². The lowest BCUT2D eigenvalue weighted by Gasteiger charge is -2.17. The van der Waals surface area contributed by atoms with Crippen molar-refractivity contribution in [3.05, 3.63) is 70.9 Å². The molecule has 0 bridgehead atoms. The van der Waals surface area contributed by atoms with Gasteiger partial charge in [-0.15, -0.1) is 0 Å². The SMILES string of the molecule is Cc1nn([C@H]2CCS(=O)(=O)C2)c(C)c1CN(C)C(=O)c1ccc(COc2ccccc2)o1. The van der Waals surface area contributed by atoms with Gasteiger partial charge in [0, 0.05) is 24.8 Å². The molecule has 3 aromatic rings. The molecular weight excluding hydrogens is 430 g/mol. The van der Waals surface area contributed by atoms with Gasteiger partial charge in [-0.05, 0) is 44.5 Å². The lowest BCUT2D eigenvalue weighted by Crippen LogP contribution is -2.26. The van der Waals surface area contributed by atoms with Gasteiger partial charge in [0.05, 0.1) is 23.2 Å². The first-order chi connectivity index (χ1) is 15.2. The predicted molar refractivity (Wildman–Crippen MR) is 119 cm³/mol. The zero-order valence-corrected chi connectivity index (χ0v) is 19.3. The molecule has 1 amide bonds. The number of aryl methyl sites for hydroxylation is 1. The van der Waals surface area contributed by atoms with Crippen LogP contribution in [0.5, 0.6) is 5.75 Å². The first-order valence-electron chi connectivity index (χ1n) is 10.5. The third kappa shape index (κ3) is 4.72. The molecule has 1 aliphatic heterocycles. The van der Waals surface area contributed by atoms with Crippen LogP contribution in [0.4, 0.5) is 0 Å². The minimum atomic E-state index is -3.00. The molecule has 1 aromatic carbocycles. The molecule has 4 rings (SSSR count). The Morgan fingerprint density at radius 3 is 2.66 bits per heavy atom. The van der Waals surface area contributed by atoms with E-state index in [1.54, 1.807) is 28.8 Å². The van der Waals surface area contributed by atoms with Gasteiger partial charge in [-0.1, -0.05) is 18.2 Å². The van der Waals surface area contributed by atoms with Crippen molar-refractivity contribution in [1.82, 2.24) is 14.7 Å². The van der Waals surface area contributed by atoms with Gasteiger partial charge in [0.25, 0.3) is 5.91 Å². The van der Waals surface area contributed by atoms with E-state index in [2.05, 4.69) is 5.10 Å². The molecule has 2 aromatic heterocycles. The number of amides is 1. The number of para-hydroxylation sites is 1. The third-order valence-corrected chi connectivity index (χ3v) is 7.52. The van der Waals surface area contributed by atoms with E-state index in [0.29, 0.717) is 18.7 Å². The van der Waals surface area contributed by atoms with Crippen molar-refractivity contribution >= 4 is 15.7 Å². The van der Waals surface area contributed by atoms with Gasteiger partial charge in [-0.25, -0.2) is 8.42 Å². The number of benzene rings is 1. The van der Waals surface area contributed by atoms with Crippen molar-refractivity contribution < 1.29 is 22.4 Å². The Morgan fingerprint density at radius 2 is 1.97 bits per heavy atom. The number of carbonyl (C=O) groups excluding carboxylic acids is 1. The van der Waals surface area contributed by atoms with Crippen LogP contribution in [0.2, 0.25) is 0 Å². The highest BCUT2D eigenvalue weighted by atomic mass is 32.2. The van der Waals surface area contributed by atoms with Crippen LogP contribution in [-0.4, -0.2) is 47.6 Å². The summed E-state index contributed by atoms with van der Waals surface area (Å²) in [5.41, 5.74) is 2.60. The lowest BCUT2D eigenvalue weighted by molar-refractivity contribution is 0.0749. The molecule has 0 aliphatic carbocycles. The average molecular weight is 458 g/mol. The van der Waals surface area contributed by atoms with Crippen molar-refractivity contribution in [1.29, 1.82) is 0 Å². The van der Waals surface area contributed by atoms with Gasteiger partial charge in [0.2, 0.25) is 0 Å². The van der Waals surface area contributed by atoms with E-state index in [-0.39, 0.29) is 35.8 Å². The summed E-state index contributed by atoms with van der Waals surface area (Å²) in [4.78, 5) is 14.5. The van der Waals surface area contributed by atoms with Gasteiger partial charge in [-0.2, -0.15) is 5.10 Å². The maximum atomic E-state index is 12.9. The highest BCUT2D eigenvalue weighted by molar-refractivity contribution is 7.91. The Kier molecular flexibility index (Phi) is 6.10. The van der Waals surface area contributed by atoms with Crippen LogP contribution in [0.25, 0.3) is 0 Å². The van der Waals surface area contributed by atoms with Crippen molar-refractivity contribution in [3.63, 3.8) is 0 Å². The summed E-state index contributed by atoms with van der Waals surface area (Å²) in [7, 11) is -1.30. The second-order valence-electron chi connectivity index (χ2n) is 8.18. The number of hydrogen-bond donors (Lipinski definition) is 0. The lowest BCUT2D eigenvalue weighted by atomic mass is 10.1. The van der Waals surface area contributed by atoms with Gasteiger partial charge in [0.15, 0.2) is 15.6 Å². The van der Waals surface area contributed by atoms with Crippen LogP contribution in [0.15, 0.2) is 46.9 Å². The largest absolute Gasteiger partial charge is 0.486 e. The molecule has 9 heteroatoms. The summed E-state index contributed by atoms with van der Waals surface area (Å²) in [5.74, 6) is 1.59. The number of hydrogen-bond acceptors (Lipinski definition) is 6. The van der Waals surface area contributed by atoms with Gasteiger partial charge >= 0.3 is 0 Å². The topological polar surface area (TPSA) is 94.6 Å². The molecule has 0 spiro atoms. The fourth-order valence-corrected chi connectivity index (χ4v) is 5.68.